The maximum atomic E-state index is 16.3. The zero-order valence-corrected chi connectivity index (χ0v) is 37.5. The van der Waals surface area contributed by atoms with Gasteiger partial charge in [0.25, 0.3) is 0 Å². The van der Waals surface area contributed by atoms with Crippen molar-refractivity contribution >= 4 is 11.9 Å². The van der Waals surface area contributed by atoms with E-state index in [1.807, 2.05) is 18.2 Å². The molecule has 1 saturated carbocycles. The van der Waals surface area contributed by atoms with Crippen LogP contribution in [0.5, 0.6) is 5.75 Å². The second-order valence-electron chi connectivity index (χ2n) is 17.3. The van der Waals surface area contributed by atoms with Crippen molar-refractivity contribution in [3.8, 4) is 39.1 Å². The number of aliphatic hydroxyl groups is 2. The zero-order chi connectivity index (χ0) is 45.3. The maximum absolute atomic E-state index is 16.3. The third kappa shape index (κ3) is 14.2. The van der Waals surface area contributed by atoms with Crippen molar-refractivity contribution < 1.29 is 42.8 Å². The van der Waals surface area contributed by atoms with Gasteiger partial charge in [-0.1, -0.05) is 94.3 Å². The Kier molecular flexibility index (Phi) is 19.1. The van der Waals surface area contributed by atoms with Gasteiger partial charge in [0, 0.05) is 41.4 Å². The Morgan fingerprint density at radius 1 is 0.667 bits per heavy atom. The second-order valence-corrected chi connectivity index (χ2v) is 17.3. The average Bonchev–Trinajstić information content (AvgIpc) is 3.28. The first kappa shape index (κ1) is 48.9. The lowest BCUT2D eigenvalue weighted by atomic mass is 9.77. The number of carbonyl (C=O) groups is 2. The second kappa shape index (κ2) is 24.7. The minimum atomic E-state index is -0.536. The van der Waals surface area contributed by atoms with Gasteiger partial charge in [-0.05, 0) is 147 Å². The first-order chi connectivity index (χ1) is 30.4. The van der Waals surface area contributed by atoms with Crippen LogP contribution in [-0.2, 0) is 31.9 Å². The fraction of sp³-hybridized carbons (Fsp3) is 0.444. The molecule has 63 heavy (non-hydrogen) atoms. The highest BCUT2D eigenvalue weighted by Gasteiger charge is 2.23. The lowest BCUT2D eigenvalue weighted by Crippen LogP contribution is -2.16. The topological polar surface area (TPSA) is 102 Å². The van der Waals surface area contributed by atoms with E-state index in [1.54, 1.807) is 32.0 Å². The minimum Gasteiger partial charge on any atom is -0.493 e. The summed E-state index contributed by atoms with van der Waals surface area (Å²) < 4.78 is 49.2. The molecule has 4 aromatic carbocycles. The number of rotatable bonds is 24. The molecule has 1 fully saturated rings. The molecular weight excluding hydrogens is 799 g/mol. The van der Waals surface area contributed by atoms with Gasteiger partial charge in [-0.25, -0.2) is 18.4 Å². The molecule has 2 N–H and O–H groups in total. The SMILES string of the molecule is C=C(C)C(=O)OCCCc1cc(-c2ccc(-c3ccc(-c4ccc(C5CCC(CCCCC)CC5)cc4)cc3F)cc2F)cc(CCCOC(=O)C(=C)C)c1OCCC(CO)CO. The van der Waals surface area contributed by atoms with Crippen molar-refractivity contribution in [2.45, 2.75) is 110 Å². The Morgan fingerprint density at radius 3 is 1.71 bits per heavy atom. The van der Waals surface area contributed by atoms with Gasteiger partial charge in [0.05, 0.1) is 19.8 Å². The van der Waals surface area contributed by atoms with Crippen LogP contribution in [-0.4, -0.2) is 55.2 Å². The van der Waals surface area contributed by atoms with Gasteiger partial charge in [-0.2, -0.15) is 0 Å². The van der Waals surface area contributed by atoms with E-state index in [1.165, 1.54) is 69.1 Å². The molecule has 0 aliphatic heterocycles. The first-order valence-electron chi connectivity index (χ1n) is 22.8. The molecule has 0 unspecified atom stereocenters. The summed E-state index contributed by atoms with van der Waals surface area (Å²) in [6, 6.07) is 22.0. The molecule has 0 saturated heterocycles. The molecule has 0 aromatic heterocycles. The molecule has 7 nitrogen and oxygen atoms in total. The Labute approximate surface area is 373 Å². The first-order valence-corrected chi connectivity index (χ1v) is 22.8. The van der Waals surface area contributed by atoms with Crippen LogP contribution in [0.1, 0.15) is 114 Å². The van der Waals surface area contributed by atoms with Crippen molar-refractivity contribution in [3.05, 3.63) is 125 Å². The van der Waals surface area contributed by atoms with Crippen LogP contribution in [0.4, 0.5) is 8.78 Å². The van der Waals surface area contributed by atoms with E-state index in [9.17, 15) is 19.8 Å². The molecule has 0 spiro atoms. The standard InChI is InChI=1S/C54H66F2O7/c1-6-7-8-11-38-14-16-40(17-15-38)41-18-20-42(21-19-41)43-22-24-48(50(55)32-43)44-23-25-49(51(56)33-44)47-30-45(12-9-27-62-53(59)36(2)3)52(61-29-26-39(34-57)35-58)46(31-47)13-10-28-63-54(60)37(4)5/h18-25,30-33,38-40,57-58H,2,4,6-17,26-29,34-35H2,1,3,5H3. The van der Waals surface area contributed by atoms with Gasteiger partial charge in [0.15, 0.2) is 0 Å². The Balaban J connectivity index is 1.37. The van der Waals surface area contributed by atoms with Gasteiger partial charge in [0.2, 0.25) is 0 Å². The lowest BCUT2D eigenvalue weighted by Gasteiger charge is -2.29. The smallest absolute Gasteiger partial charge is 0.333 e. The number of halogens is 2. The van der Waals surface area contributed by atoms with E-state index in [4.69, 9.17) is 14.2 Å². The fourth-order valence-corrected chi connectivity index (χ4v) is 8.40. The summed E-state index contributed by atoms with van der Waals surface area (Å²) >= 11 is 0. The van der Waals surface area contributed by atoms with Crippen LogP contribution < -0.4 is 4.74 Å². The van der Waals surface area contributed by atoms with Crippen molar-refractivity contribution in [2.24, 2.45) is 11.8 Å². The van der Waals surface area contributed by atoms with Crippen LogP contribution in [0.3, 0.4) is 0 Å². The van der Waals surface area contributed by atoms with Crippen molar-refractivity contribution in [3.63, 3.8) is 0 Å². The third-order valence-corrected chi connectivity index (χ3v) is 12.2. The molecule has 0 radical (unpaired) electrons. The quantitative estimate of drug-likeness (QED) is 0.0411. The van der Waals surface area contributed by atoms with Gasteiger partial charge >= 0.3 is 11.9 Å². The van der Waals surface area contributed by atoms with Crippen molar-refractivity contribution in [1.29, 1.82) is 0 Å². The zero-order valence-electron chi connectivity index (χ0n) is 37.5. The maximum Gasteiger partial charge on any atom is 0.333 e. The summed E-state index contributed by atoms with van der Waals surface area (Å²) in [5.74, 6) is -0.348. The molecule has 0 heterocycles. The van der Waals surface area contributed by atoms with Crippen LogP contribution in [0.25, 0.3) is 33.4 Å². The molecule has 0 amide bonds. The highest BCUT2D eigenvalue weighted by Crippen LogP contribution is 2.40. The largest absolute Gasteiger partial charge is 0.493 e. The summed E-state index contributed by atoms with van der Waals surface area (Å²) in [4.78, 5) is 24.2. The minimum absolute atomic E-state index is 0.123. The van der Waals surface area contributed by atoms with Gasteiger partial charge in [0.1, 0.15) is 17.4 Å². The number of esters is 2. The predicted molar refractivity (Wildman–Crippen MR) is 247 cm³/mol. The molecule has 4 aromatic rings. The van der Waals surface area contributed by atoms with Crippen molar-refractivity contribution in [2.75, 3.05) is 33.0 Å². The van der Waals surface area contributed by atoms with Crippen molar-refractivity contribution in [1.82, 2.24) is 0 Å². The summed E-state index contributed by atoms with van der Waals surface area (Å²) in [6.45, 7) is 12.7. The summed E-state index contributed by atoms with van der Waals surface area (Å²) in [5, 5.41) is 19.3. The number of aryl methyl sites for hydroxylation is 2. The number of hydrogen-bond acceptors (Lipinski definition) is 7. The molecule has 5 rings (SSSR count). The third-order valence-electron chi connectivity index (χ3n) is 12.2. The van der Waals surface area contributed by atoms with E-state index >= 15 is 8.78 Å². The normalized spacial score (nSPS) is 15.0. The number of carbonyl (C=O) groups excluding carboxylic acids is 2. The number of hydrogen-bond donors (Lipinski definition) is 2. The Bertz CT molecular complexity index is 2090. The molecule has 1 aliphatic carbocycles. The van der Waals surface area contributed by atoms with Crippen LogP contribution in [0.2, 0.25) is 0 Å². The van der Waals surface area contributed by atoms with E-state index < -0.39 is 23.6 Å². The van der Waals surface area contributed by atoms with Gasteiger partial charge < -0.3 is 24.4 Å². The number of aliphatic hydroxyl groups excluding tert-OH is 2. The number of benzene rings is 4. The highest BCUT2D eigenvalue weighted by molar-refractivity contribution is 5.87. The number of ether oxygens (including phenoxy) is 3. The van der Waals surface area contributed by atoms with E-state index in [0.29, 0.717) is 66.0 Å². The molecule has 0 bridgehead atoms. The van der Waals surface area contributed by atoms with Crippen LogP contribution in [0.15, 0.2) is 97.1 Å². The summed E-state index contributed by atoms with van der Waals surface area (Å²) in [5.41, 5.74) is 6.66. The van der Waals surface area contributed by atoms with Crippen LogP contribution in [0, 0.1) is 23.5 Å². The monoisotopic (exact) mass is 864 g/mol. The van der Waals surface area contributed by atoms with Crippen LogP contribution >= 0.6 is 0 Å². The molecule has 1 aliphatic rings. The Morgan fingerprint density at radius 2 is 1.19 bits per heavy atom. The van der Waals surface area contributed by atoms with Gasteiger partial charge in [-0.3, -0.25) is 0 Å². The highest BCUT2D eigenvalue weighted by atomic mass is 19.1. The molecule has 0 atom stereocenters. The summed E-state index contributed by atoms with van der Waals surface area (Å²) in [6.07, 6.45) is 12.4. The summed E-state index contributed by atoms with van der Waals surface area (Å²) in [7, 11) is 0. The molecular formula is C54H66F2O7. The Hall–Kier alpha value is -5.12. The average molecular weight is 865 g/mol. The van der Waals surface area contributed by atoms with Gasteiger partial charge in [-0.15, -0.1) is 0 Å². The molecule has 9 heteroatoms. The number of unbranched alkanes of at least 4 members (excludes halogenated alkanes) is 2. The molecule has 338 valence electrons. The van der Waals surface area contributed by atoms with E-state index in [-0.39, 0.29) is 50.1 Å². The van der Waals surface area contributed by atoms with E-state index in [0.717, 1.165) is 28.2 Å². The lowest BCUT2D eigenvalue weighted by molar-refractivity contribution is -0.139. The predicted octanol–water partition coefficient (Wildman–Crippen LogP) is 12.3. The van der Waals surface area contributed by atoms with E-state index in [2.05, 4.69) is 44.3 Å². The fourth-order valence-electron chi connectivity index (χ4n) is 8.40.